The Morgan fingerprint density at radius 1 is 1.45 bits per heavy atom. The van der Waals surface area contributed by atoms with Crippen LogP contribution in [0, 0.1) is 10.1 Å². The zero-order valence-corrected chi connectivity index (χ0v) is 10.7. The van der Waals surface area contributed by atoms with Gasteiger partial charge in [-0.05, 0) is 12.1 Å². The molecule has 0 aliphatic rings. The Balaban J connectivity index is 2.08. The van der Waals surface area contributed by atoms with Crippen molar-refractivity contribution < 1.29 is 14.1 Å². The summed E-state index contributed by atoms with van der Waals surface area (Å²) in [6, 6.07) is 5.23. The highest BCUT2D eigenvalue weighted by Crippen LogP contribution is 2.22. The molecule has 1 N–H and O–H groups in total. The van der Waals surface area contributed by atoms with E-state index < -0.39 is 10.8 Å². The van der Waals surface area contributed by atoms with Gasteiger partial charge in [-0.1, -0.05) is 11.6 Å². The number of nitrogens with zero attached hydrogens (tertiary/aromatic N) is 2. The van der Waals surface area contributed by atoms with Crippen molar-refractivity contribution in [2.45, 2.75) is 0 Å². The Bertz CT molecular complexity index is 667. The van der Waals surface area contributed by atoms with Gasteiger partial charge in [0.2, 0.25) is 0 Å². The van der Waals surface area contributed by atoms with Gasteiger partial charge in [0.25, 0.3) is 11.6 Å². The number of rotatable bonds is 4. The van der Waals surface area contributed by atoms with E-state index in [0.29, 0.717) is 5.56 Å². The average molecular weight is 294 g/mol. The second kappa shape index (κ2) is 5.98. The number of nitro groups is 1. The van der Waals surface area contributed by atoms with E-state index in [1.807, 2.05) is 0 Å². The lowest BCUT2D eigenvalue weighted by molar-refractivity contribution is -0.384. The molecule has 1 amide bonds. The topological polar surface area (TPSA) is 97.7 Å². The van der Waals surface area contributed by atoms with Gasteiger partial charge < -0.3 is 4.42 Å². The van der Waals surface area contributed by atoms with Gasteiger partial charge in [0.15, 0.2) is 0 Å². The third-order valence-corrected chi connectivity index (χ3v) is 2.64. The van der Waals surface area contributed by atoms with Gasteiger partial charge in [-0.2, -0.15) is 5.10 Å². The smallest absolute Gasteiger partial charge is 0.272 e. The summed E-state index contributed by atoms with van der Waals surface area (Å²) in [6.45, 7) is 0. The molecule has 0 aliphatic heterocycles. The number of benzene rings is 1. The first kappa shape index (κ1) is 13.8. The highest BCUT2D eigenvalue weighted by Gasteiger charge is 2.14. The highest BCUT2D eigenvalue weighted by atomic mass is 35.5. The van der Waals surface area contributed by atoms with E-state index in [-0.39, 0.29) is 16.3 Å². The Labute approximate surface area is 118 Å². The molecule has 0 atom stereocenters. The number of hydrogen-bond acceptors (Lipinski definition) is 5. The lowest BCUT2D eigenvalue weighted by atomic mass is 10.2. The van der Waals surface area contributed by atoms with E-state index in [1.54, 1.807) is 6.07 Å². The fourth-order valence-corrected chi connectivity index (χ4v) is 1.64. The van der Waals surface area contributed by atoms with Crippen molar-refractivity contribution in [2.24, 2.45) is 5.10 Å². The van der Waals surface area contributed by atoms with Crippen molar-refractivity contribution in [2.75, 3.05) is 0 Å². The second-order valence-electron chi connectivity index (χ2n) is 3.68. The number of hydrogen-bond donors (Lipinski definition) is 1. The van der Waals surface area contributed by atoms with E-state index in [1.165, 1.54) is 30.9 Å². The highest BCUT2D eigenvalue weighted by molar-refractivity contribution is 6.34. The molecule has 1 heterocycles. The first-order valence-electron chi connectivity index (χ1n) is 5.37. The van der Waals surface area contributed by atoms with Gasteiger partial charge in [0.1, 0.15) is 0 Å². The molecule has 0 spiro atoms. The molecule has 0 unspecified atom stereocenters. The van der Waals surface area contributed by atoms with Crippen molar-refractivity contribution in [3.8, 4) is 0 Å². The van der Waals surface area contributed by atoms with E-state index >= 15 is 0 Å². The molecule has 20 heavy (non-hydrogen) atoms. The van der Waals surface area contributed by atoms with E-state index in [9.17, 15) is 14.9 Å². The molecule has 0 saturated carbocycles. The summed E-state index contributed by atoms with van der Waals surface area (Å²) in [5, 5.41) is 14.2. The number of nitro benzene ring substituents is 1. The summed E-state index contributed by atoms with van der Waals surface area (Å²) >= 11 is 5.81. The van der Waals surface area contributed by atoms with E-state index in [0.717, 1.165) is 6.07 Å². The van der Waals surface area contributed by atoms with Crippen LogP contribution < -0.4 is 5.43 Å². The number of non-ortho nitro benzene ring substituents is 1. The number of hydrazone groups is 1. The largest absolute Gasteiger partial charge is 0.472 e. The quantitative estimate of drug-likeness (QED) is 0.532. The Morgan fingerprint density at radius 3 is 2.85 bits per heavy atom. The Morgan fingerprint density at radius 2 is 2.25 bits per heavy atom. The maximum atomic E-state index is 11.8. The minimum absolute atomic E-state index is 0.0183. The predicted octanol–water partition coefficient (Wildman–Crippen LogP) is 2.61. The van der Waals surface area contributed by atoms with Crippen LogP contribution in [0.2, 0.25) is 5.02 Å². The molecule has 1 aromatic carbocycles. The van der Waals surface area contributed by atoms with Gasteiger partial charge in [-0.15, -0.1) is 0 Å². The van der Waals surface area contributed by atoms with Crippen LogP contribution >= 0.6 is 11.6 Å². The first-order chi connectivity index (χ1) is 9.58. The van der Waals surface area contributed by atoms with Crippen LogP contribution in [0.3, 0.4) is 0 Å². The molecule has 0 fully saturated rings. The first-order valence-corrected chi connectivity index (χ1v) is 5.75. The van der Waals surface area contributed by atoms with Crippen LogP contribution in [-0.4, -0.2) is 17.0 Å². The van der Waals surface area contributed by atoms with Crippen LogP contribution in [0.5, 0.6) is 0 Å². The molecule has 0 saturated heterocycles. The summed E-state index contributed by atoms with van der Waals surface area (Å²) in [4.78, 5) is 21.7. The fraction of sp³-hybridized carbons (Fsp3) is 0. The third-order valence-electron chi connectivity index (χ3n) is 2.33. The monoisotopic (exact) mass is 293 g/mol. The SMILES string of the molecule is O=C(NN=Cc1ccoc1)c1ccc([N+](=O)[O-])cc1Cl. The second-order valence-corrected chi connectivity index (χ2v) is 4.08. The van der Waals surface area contributed by atoms with Crippen LogP contribution in [0.1, 0.15) is 15.9 Å². The van der Waals surface area contributed by atoms with Gasteiger partial charge in [-0.3, -0.25) is 14.9 Å². The summed E-state index contributed by atoms with van der Waals surface area (Å²) in [5.41, 5.74) is 2.85. The minimum Gasteiger partial charge on any atom is -0.472 e. The normalized spacial score (nSPS) is 10.7. The zero-order chi connectivity index (χ0) is 14.5. The van der Waals surface area contributed by atoms with Gasteiger partial charge >= 0.3 is 0 Å². The minimum atomic E-state index is -0.593. The standard InChI is InChI=1S/C12H8ClN3O4/c13-11-5-9(16(18)19)1-2-10(11)12(17)15-14-6-8-3-4-20-7-8/h1-7H,(H,15,17). The summed E-state index contributed by atoms with van der Waals surface area (Å²) in [7, 11) is 0. The van der Waals surface area contributed by atoms with Crippen molar-refractivity contribution >= 4 is 29.4 Å². The number of halogens is 1. The fourth-order valence-electron chi connectivity index (χ4n) is 1.38. The number of nitrogens with one attached hydrogen (secondary N) is 1. The predicted molar refractivity (Wildman–Crippen MR) is 71.9 cm³/mol. The Kier molecular flexibility index (Phi) is 4.11. The molecule has 1 aromatic heterocycles. The van der Waals surface area contributed by atoms with Crippen LogP contribution in [0.25, 0.3) is 0 Å². The molecule has 8 heteroatoms. The van der Waals surface area contributed by atoms with Crippen LogP contribution in [0.4, 0.5) is 5.69 Å². The van der Waals surface area contributed by atoms with Crippen LogP contribution in [0.15, 0.2) is 46.3 Å². The summed E-state index contributed by atoms with van der Waals surface area (Å²) in [6.07, 6.45) is 4.31. The molecular formula is C12H8ClN3O4. The molecule has 2 aromatic rings. The molecule has 0 bridgehead atoms. The number of furan rings is 1. The summed E-state index contributed by atoms with van der Waals surface area (Å²) in [5.74, 6) is -0.565. The number of amides is 1. The summed E-state index contributed by atoms with van der Waals surface area (Å²) < 4.78 is 4.82. The molecule has 0 radical (unpaired) electrons. The van der Waals surface area contributed by atoms with Crippen molar-refractivity contribution in [3.63, 3.8) is 0 Å². The molecular weight excluding hydrogens is 286 g/mol. The van der Waals surface area contributed by atoms with E-state index in [2.05, 4.69) is 10.5 Å². The van der Waals surface area contributed by atoms with Crippen molar-refractivity contribution in [1.82, 2.24) is 5.43 Å². The van der Waals surface area contributed by atoms with Gasteiger partial charge in [0.05, 0.1) is 34.3 Å². The number of carbonyl (C=O) groups excluding carboxylic acids is 1. The van der Waals surface area contributed by atoms with Crippen LogP contribution in [-0.2, 0) is 0 Å². The van der Waals surface area contributed by atoms with E-state index in [4.69, 9.17) is 16.0 Å². The Hall–Kier alpha value is -2.67. The van der Waals surface area contributed by atoms with Gasteiger partial charge in [-0.25, -0.2) is 5.43 Å². The maximum absolute atomic E-state index is 11.8. The maximum Gasteiger partial charge on any atom is 0.272 e. The molecule has 102 valence electrons. The molecule has 0 aliphatic carbocycles. The van der Waals surface area contributed by atoms with Crippen molar-refractivity contribution in [1.29, 1.82) is 0 Å². The lowest BCUT2D eigenvalue weighted by Crippen LogP contribution is -2.18. The van der Waals surface area contributed by atoms with Gasteiger partial charge in [0, 0.05) is 17.7 Å². The van der Waals surface area contributed by atoms with Crippen molar-refractivity contribution in [3.05, 3.63) is 63.1 Å². The molecule has 2 rings (SSSR count). The number of carbonyl (C=O) groups is 1. The third kappa shape index (κ3) is 3.21. The average Bonchev–Trinajstić information content (AvgIpc) is 2.91. The lowest BCUT2D eigenvalue weighted by Gasteiger charge is -2.02. The zero-order valence-electron chi connectivity index (χ0n) is 9.95. The molecule has 7 nitrogen and oxygen atoms in total.